The summed E-state index contributed by atoms with van der Waals surface area (Å²) in [5.41, 5.74) is 2.89. The number of ether oxygens (including phenoxy) is 2. The molecule has 3 aromatic rings. The Balaban J connectivity index is 1.34. The van der Waals surface area contributed by atoms with Gasteiger partial charge in [-0.1, -0.05) is 60.7 Å². The van der Waals surface area contributed by atoms with E-state index in [4.69, 9.17) is 9.47 Å². The molecule has 7 nitrogen and oxygen atoms in total. The predicted molar refractivity (Wildman–Crippen MR) is 119 cm³/mol. The number of hydrogen-bond acceptors (Lipinski definition) is 5. The fourth-order valence-electron chi connectivity index (χ4n) is 3.48. The largest absolute Gasteiger partial charge is 0.482 e. The second kappa shape index (κ2) is 9.78. The molecule has 0 radical (unpaired) electrons. The van der Waals surface area contributed by atoms with Crippen LogP contribution in [0.25, 0.3) is 0 Å². The lowest BCUT2D eigenvalue weighted by Crippen LogP contribution is -2.32. The molecule has 0 aliphatic carbocycles. The highest BCUT2D eigenvalue weighted by Crippen LogP contribution is 2.28. The average Bonchev–Trinajstić information content (AvgIpc) is 2.83. The monoisotopic (exact) mass is 430 g/mol. The molecule has 7 heteroatoms. The third-order valence-corrected chi connectivity index (χ3v) is 5.09. The van der Waals surface area contributed by atoms with Crippen molar-refractivity contribution in [2.45, 2.75) is 5.92 Å². The molecule has 0 unspecified atom stereocenters. The summed E-state index contributed by atoms with van der Waals surface area (Å²) in [7, 11) is 0. The average molecular weight is 430 g/mol. The number of hydrogen-bond donors (Lipinski definition) is 2. The zero-order valence-electron chi connectivity index (χ0n) is 17.2. The van der Waals surface area contributed by atoms with E-state index < -0.39 is 18.5 Å². The quantitative estimate of drug-likeness (QED) is 0.562. The first-order valence-electron chi connectivity index (χ1n) is 10.2. The van der Waals surface area contributed by atoms with Gasteiger partial charge in [-0.15, -0.1) is 0 Å². The highest BCUT2D eigenvalue weighted by molar-refractivity contribution is 5.97. The Morgan fingerprint density at radius 3 is 2.28 bits per heavy atom. The van der Waals surface area contributed by atoms with Crippen LogP contribution in [0.5, 0.6) is 5.75 Å². The Morgan fingerprint density at radius 2 is 1.62 bits per heavy atom. The summed E-state index contributed by atoms with van der Waals surface area (Å²) in [5, 5.41) is 5.50. The van der Waals surface area contributed by atoms with E-state index in [9.17, 15) is 14.4 Å². The van der Waals surface area contributed by atoms with Crippen molar-refractivity contribution < 1.29 is 23.9 Å². The molecule has 0 saturated heterocycles. The summed E-state index contributed by atoms with van der Waals surface area (Å²) in [6.45, 7) is -0.140. The zero-order valence-corrected chi connectivity index (χ0v) is 17.2. The van der Waals surface area contributed by atoms with Gasteiger partial charge in [-0.2, -0.15) is 0 Å². The SMILES string of the molecule is O=C(COC(=O)c1ccc2c(c1)OCC(=O)N2)NCC(c1ccccc1)c1ccccc1. The first kappa shape index (κ1) is 21.1. The lowest BCUT2D eigenvalue weighted by Gasteiger charge is -2.19. The van der Waals surface area contributed by atoms with Crippen LogP contribution in [0.1, 0.15) is 27.4 Å². The first-order chi connectivity index (χ1) is 15.6. The van der Waals surface area contributed by atoms with Crippen molar-refractivity contribution in [3.8, 4) is 5.75 Å². The zero-order chi connectivity index (χ0) is 22.3. The van der Waals surface area contributed by atoms with Crippen molar-refractivity contribution in [1.29, 1.82) is 0 Å². The molecule has 32 heavy (non-hydrogen) atoms. The Bertz CT molecular complexity index is 1080. The minimum atomic E-state index is -0.647. The molecular weight excluding hydrogens is 408 g/mol. The summed E-state index contributed by atoms with van der Waals surface area (Å²) in [5.74, 6) is -0.932. The molecule has 2 amide bonds. The van der Waals surface area contributed by atoms with Crippen molar-refractivity contribution in [2.24, 2.45) is 0 Å². The number of carbonyl (C=O) groups excluding carboxylic acids is 3. The van der Waals surface area contributed by atoms with Gasteiger partial charge in [0, 0.05) is 12.5 Å². The van der Waals surface area contributed by atoms with E-state index in [0.29, 0.717) is 18.0 Å². The summed E-state index contributed by atoms with van der Waals surface area (Å²) >= 11 is 0. The molecule has 0 bridgehead atoms. The van der Waals surface area contributed by atoms with Crippen LogP contribution in [0.2, 0.25) is 0 Å². The number of fused-ring (bicyclic) bond motifs is 1. The second-order valence-electron chi connectivity index (χ2n) is 7.30. The van der Waals surface area contributed by atoms with Crippen molar-refractivity contribution in [3.63, 3.8) is 0 Å². The molecular formula is C25H22N2O5. The molecule has 4 rings (SSSR count). The van der Waals surface area contributed by atoms with E-state index in [1.165, 1.54) is 12.1 Å². The van der Waals surface area contributed by atoms with Gasteiger partial charge in [0.25, 0.3) is 11.8 Å². The molecule has 0 spiro atoms. The van der Waals surface area contributed by atoms with E-state index >= 15 is 0 Å². The van der Waals surface area contributed by atoms with E-state index in [1.54, 1.807) is 6.07 Å². The number of nitrogens with one attached hydrogen (secondary N) is 2. The summed E-state index contributed by atoms with van der Waals surface area (Å²) in [6, 6.07) is 24.4. The third-order valence-electron chi connectivity index (χ3n) is 5.09. The van der Waals surface area contributed by atoms with Crippen LogP contribution in [0.15, 0.2) is 78.9 Å². The topological polar surface area (TPSA) is 93.7 Å². The van der Waals surface area contributed by atoms with Crippen LogP contribution in [-0.2, 0) is 14.3 Å². The third kappa shape index (κ3) is 5.13. The van der Waals surface area contributed by atoms with E-state index in [2.05, 4.69) is 10.6 Å². The first-order valence-corrected chi connectivity index (χ1v) is 10.2. The number of esters is 1. The summed E-state index contributed by atoms with van der Waals surface area (Å²) in [6.07, 6.45) is 0. The smallest absolute Gasteiger partial charge is 0.338 e. The summed E-state index contributed by atoms with van der Waals surface area (Å²) < 4.78 is 10.5. The van der Waals surface area contributed by atoms with E-state index in [-0.39, 0.29) is 24.0 Å². The van der Waals surface area contributed by atoms with Gasteiger partial charge in [-0.05, 0) is 29.3 Å². The van der Waals surface area contributed by atoms with Crippen LogP contribution in [0.4, 0.5) is 5.69 Å². The van der Waals surface area contributed by atoms with Crippen LogP contribution in [0, 0.1) is 0 Å². The maximum Gasteiger partial charge on any atom is 0.338 e. The van der Waals surface area contributed by atoms with Crippen molar-refractivity contribution >= 4 is 23.5 Å². The van der Waals surface area contributed by atoms with Gasteiger partial charge in [-0.3, -0.25) is 9.59 Å². The molecule has 2 N–H and O–H groups in total. The van der Waals surface area contributed by atoms with E-state index in [0.717, 1.165) is 11.1 Å². The number of carbonyl (C=O) groups is 3. The Hall–Kier alpha value is -4.13. The minimum Gasteiger partial charge on any atom is -0.482 e. The van der Waals surface area contributed by atoms with Crippen LogP contribution in [0.3, 0.4) is 0 Å². The fraction of sp³-hybridized carbons (Fsp3) is 0.160. The fourth-order valence-corrected chi connectivity index (χ4v) is 3.48. The van der Waals surface area contributed by atoms with Crippen LogP contribution < -0.4 is 15.4 Å². The van der Waals surface area contributed by atoms with Crippen molar-refractivity contribution in [3.05, 3.63) is 95.6 Å². The maximum atomic E-state index is 12.4. The second-order valence-corrected chi connectivity index (χ2v) is 7.30. The predicted octanol–water partition coefficient (Wildman–Crippen LogP) is 3.12. The van der Waals surface area contributed by atoms with Gasteiger partial charge in [-0.25, -0.2) is 4.79 Å². The van der Waals surface area contributed by atoms with Gasteiger partial charge in [0.05, 0.1) is 11.3 Å². The number of rotatable bonds is 7. The highest BCUT2D eigenvalue weighted by atomic mass is 16.5. The normalized spacial score (nSPS) is 12.3. The van der Waals surface area contributed by atoms with E-state index in [1.807, 2.05) is 60.7 Å². The Morgan fingerprint density at radius 1 is 0.969 bits per heavy atom. The van der Waals surface area contributed by atoms with Crippen LogP contribution in [-0.4, -0.2) is 37.5 Å². The molecule has 1 aliphatic heterocycles. The molecule has 162 valence electrons. The van der Waals surface area contributed by atoms with Gasteiger partial charge < -0.3 is 20.1 Å². The molecule has 0 atom stereocenters. The van der Waals surface area contributed by atoms with Crippen molar-refractivity contribution in [1.82, 2.24) is 5.32 Å². The molecule has 1 heterocycles. The van der Waals surface area contributed by atoms with Gasteiger partial charge in [0.1, 0.15) is 5.75 Å². The minimum absolute atomic E-state index is 0.0231. The van der Waals surface area contributed by atoms with Crippen LogP contribution >= 0.6 is 0 Å². The van der Waals surface area contributed by atoms with Gasteiger partial charge in [0.2, 0.25) is 0 Å². The molecule has 0 fully saturated rings. The molecule has 1 aliphatic rings. The molecule has 0 saturated carbocycles. The number of benzene rings is 3. The highest BCUT2D eigenvalue weighted by Gasteiger charge is 2.19. The molecule has 0 aromatic heterocycles. The summed E-state index contributed by atoms with van der Waals surface area (Å²) in [4.78, 5) is 36.0. The standard InChI is InChI=1S/C25H22N2O5/c28-23(15-32-25(30)19-11-12-21-22(13-19)31-16-24(29)27-21)26-14-20(17-7-3-1-4-8-17)18-9-5-2-6-10-18/h1-13,20H,14-16H2,(H,26,28)(H,27,29). The number of anilines is 1. The Kier molecular flexibility index (Phi) is 6.46. The van der Waals surface area contributed by atoms with Gasteiger partial charge in [0.15, 0.2) is 13.2 Å². The molecule has 3 aromatic carbocycles. The van der Waals surface area contributed by atoms with Gasteiger partial charge >= 0.3 is 5.97 Å². The lowest BCUT2D eigenvalue weighted by molar-refractivity contribution is -0.124. The Labute approximate surface area is 185 Å². The lowest BCUT2D eigenvalue weighted by atomic mass is 9.91. The number of amides is 2. The maximum absolute atomic E-state index is 12.4. The van der Waals surface area contributed by atoms with Crippen molar-refractivity contribution in [2.75, 3.05) is 25.1 Å².